The van der Waals surface area contributed by atoms with Crippen LogP contribution in [-0.2, 0) is 0 Å². The number of carbonyl (C=O) groups excluding carboxylic acids is 2. The minimum Gasteiger partial charge on any atom is -0.298 e. The zero-order valence-electron chi connectivity index (χ0n) is 6.80. The molecule has 4 heteroatoms. The quantitative estimate of drug-likeness (QED) is 0.465. The van der Waals surface area contributed by atoms with E-state index >= 15 is 0 Å². The highest BCUT2D eigenvalue weighted by Crippen LogP contribution is 2.23. The Morgan fingerprint density at radius 3 is 2.62 bits per heavy atom. The molecule has 1 rings (SSSR count). The predicted octanol–water partition coefficient (Wildman–Crippen LogP) is 3.07. The van der Waals surface area contributed by atoms with Gasteiger partial charge in [0.1, 0.15) is 0 Å². The van der Waals surface area contributed by atoms with Crippen LogP contribution in [0.2, 0.25) is 0 Å². The number of ketones is 1. The number of hydrogen-bond donors (Lipinski definition) is 0. The average Bonchev–Trinajstić information content (AvgIpc) is 2.08. The van der Waals surface area contributed by atoms with Crippen molar-refractivity contribution in [2.45, 2.75) is 6.92 Å². The van der Waals surface area contributed by atoms with Gasteiger partial charge in [-0.1, -0.05) is 0 Å². The number of aldehydes is 1. The largest absolute Gasteiger partial charge is 0.298 e. The van der Waals surface area contributed by atoms with Gasteiger partial charge in [-0.25, -0.2) is 0 Å². The van der Waals surface area contributed by atoms with Crippen molar-refractivity contribution in [3.8, 4) is 0 Å². The second kappa shape index (κ2) is 4.32. The lowest BCUT2D eigenvalue weighted by molar-refractivity contribution is 0.100. The van der Waals surface area contributed by atoms with E-state index in [1.54, 1.807) is 12.1 Å². The van der Waals surface area contributed by atoms with Crippen LogP contribution in [0.5, 0.6) is 0 Å². The van der Waals surface area contributed by atoms with Gasteiger partial charge in [-0.2, -0.15) is 0 Å². The molecule has 0 amide bonds. The van der Waals surface area contributed by atoms with E-state index in [0.717, 1.165) is 8.04 Å². The monoisotopic (exact) mass is 352 g/mol. The van der Waals surface area contributed by atoms with Crippen LogP contribution in [0.1, 0.15) is 27.6 Å². The Balaban J connectivity index is 3.41. The van der Waals surface area contributed by atoms with Gasteiger partial charge in [0.15, 0.2) is 12.1 Å². The first-order valence-corrected chi connectivity index (χ1v) is 5.38. The van der Waals surface area contributed by atoms with Crippen molar-refractivity contribution in [2.75, 3.05) is 0 Å². The van der Waals surface area contributed by atoms with Gasteiger partial charge < -0.3 is 0 Å². The number of halogens is 2. The number of carbonyl (C=O) groups is 2. The van der Waals surface area contributed by atoms with Gasteiger partial charge in [0.2, 0.25) is 0 Å². The van der Waals surface area contributed by atoms with Crippen LogP contribution in [0.4, 0.5) is 0 Å². The van der Waals surface area contributed by atoms with E-state index in [4.69, 9.17) is 0 Å². The van der Waals surface area contributed by atoms with Crippen LogP contribution in [0, 0.1) is 3.57 Å². The van der Waals surface area contributed by atoms with Gasteiger partial charge in [0.25, 0.3) is 0 Å². The van der Waals surface area contributed by atoms with E-state index in [1.165, 1.54) is 6.92 Å². The Morgan fingerprint density at radius 2 is 2.15 bits per heavy atom. The van der Waals surface area contributed by atoms with Crippen molar-refractivity contribution in [2.24, 2.45) is 0 Å². The van der Waals surface area contributed by atoms with Crippen LogP contribution in [0.3, 0.4) is 0 Å². The lowest BCUT2D eigenvalue weighted by Gasteiger charge is -2.03. The maximum atomic E-state index is 11.1. The van der Waals surface area contributed by atoms with Crippen molar-refractivity contribution in [1.29, 1.82) is 0 Å². The minimum absolute atomic E-state index is 0.0903. The standard InChI is InChI=1S/C9H6BrIO2/c1-5(13)7-3-9(11)8(10)2-6(7)4-12/h2-4H,1H3. The normalized spacial score (nSPS) is 9.77. The zero-order valence-corrected chi connectivity index (χ0v) is 10.5. The summed E-state index contributed by atoms with van der Waals surface area (Å²) in [5.41, 5.74) is 0.905. The minimum atomic E-state index is -0.0903. The second-order valence-corrected chi connectivity index (χ2v) is 4.54. The molecule has 0 aliphatic rings. The molecule has 2 nitrogen and oxygen atoms in total. The summed E-state index contributed by atoms with van der Waals surface area (Å²) in [5, 5.41) is 0. The van der Waals surface area contributed by atoms with Crippen molar-refractivity contribution in [3.63, 3.8) is 0 Å². The van der Waals surface area contributed by atoms with Gasteiger partial charge in [-0.15, -0.1) is 0 Å². The molecular weight excluding hydrogens is 347 g/mol. The number of hydrogen-bond acceptors (Lipinski definition) is 2. The molecular formula is C9H6BrIO2. The highest BCUT2D eigenvalue weighted by Gasteiger charge is 2.09. The van der Waals surface area contributed by atoms with E-state index in [-0.39, 0.29) is 5.78 Å². The lowest BCUT2D eigenvalue weighted by Crippen LogP contribution is -1.99. The molecule has 0 saturated heterocycles. The van der Waals surface area contributed by atoms with Gasteiger partial charge >= 0.3 is 0 Å². The fraction of sp³-hybridized carbons (Fsp3) is 0.111. The molecule has 0 aliphatic heterocycles. The van der Waals surface area contributed by atoms with Crippen LogP contribution >= 0.6 is 38.5 Å². The number of rotatable bonds is 2. The van der Waals surface area contributed by atoms with E-state index in [1.807, 2.05) is 0 Å². The van der Waals surface area contributed by atoms with Gasteiger partial charge in [0, 0.05) is 19.2 Å². The average molecular weight is 353 g/mol. The first-order chi connectivity index (χ1) is 6.06. The third-order valence-electron chi connectivity index (χ3n) is 1.60. The van der Waals surface area contributed by atoms with Crippen molar-refractivity contribution < 1.29 is 9.59 Å². The molecule has 0 fully saturated rings. The Hall–Kier alpha value is -0.230. The molecule has 0 unspecified atom stereocenters. The first-order valence-electron chi connectivity index (χ1n) is 3.51. The Morgan fingerprint density at radius 1 is 1.54 bits per heavy atom. The smallest absolute Gasteiger partial charge is 0.160 e. The van der Waals surface area contributed by atoms with Crippen molar-refractivity contribution >= 4 is 50.6 Å². The van der Waals surface area contributed by atoms with Crippen molar-refractivity contribution in [1.82, 2.24) is 0 Å². The van der Waals surface area contributed by atoms with E-state index < -0.39 is 0 Å². The molecule has 0 spiro atoms. The molecule has 0 N–H and O–H groups in total. The van der Waals surface area contributed by atoms with E-state index in [2.05, 4.69) is 38.5 Å². The molecule has 0 radical (unpaired) electrons. The van der Waals surface area contributed by atoms with Gasteiger partial charge in [0.05, 0.1) is 0 Å². The maximum Gasteiger partial charge on any atom is 0.160 e. The van der Waals surface area contributed by atoms with E-state index in [0.29, 0.717) is 17.4 Å². The van der Waals surface area contributed by atoms with Gasteiger partial charge in [-0.05, 0) is 57.6 Å². The number of benzene rings is 1. The summed E-state index contributed by atoms with van der Waals surface area (Å²) < 4.78 is 1.76. The summed E-state index contributed by atoms with van der Waals surface area (Å²) >= 11 is 5.39. The molecule has 0 aliphatic carbocycles. The molecule has 0 atom stereocenters. The predicted molar refractivity (Wildman–Crippen MR) is 62.3 cm³/mol. The zero-order chi connectivity index (χ0) is 10.0. The lowest BCUT2D eigenvalue weighted by atomic mass is 10.1. The fourth-order valence-corrected chi connectivity index (χ4v) is 1.79. The van der Waals surface area contributed by atoms with Crippen molar-refractivity contribution in [3.05, 3.63) is 31.3 Å². The summed E-state index contributed by atoms with van der Waals surface area (Å²) in [6.45, 7) is 1.45. The number of Topliss-reactive ketones (excluding diaryl/α,β-unsaturated/α-hetero) is 1. The third-order valence-corrected chi connectivity index (χ3v) is 3.89. The summed E-state index contributed by atoms with van der Waals surface area (Å²) in [6, 6.07) is 3.36. The molecule has 0 heterocycles. The Labute approximate surface area is 98.0 Å². The molecule has 1 aromatic carbocycles. The molecule has 13 heavy (non-hydrogen) atoms. The van der Waals surface area contributed by atoms with Crippen LogP contribution in [0.25, 0.3) is 0 Å². The second-order valence-electron chi connectivity index (χ2n) is 2.53. The molecule has 0 aromatic heterocycles. The topological polar surface area (TPSA) is 34.1 Å². The highest BCUT2D eigenvalue weighted by atomic mass is 127. The molecule has 0 saturated carbocycles. The molecule has 68 valence electrons. The highest BCUT2D eigenvalue weighted by molar-refractivity contribution is 14.1. The third kappa shape index (κ3) is 2.37. The SMILES string of the molecule is CC(=O)c1cc(I)c(Br)cc1C=O. The van der Waals surface area contributed by atoms with Crippen LogP contribution < -0.4 is 0 Å². The Kier molecular flexibility index (Phi) is 3.61. The summed E-state index contributed by atoms with van der Waals surface area (Å²) in [6.07, 6.45) is 0.692. The maximum absolute atomic E-state index is 11.1. The molecule has 0 bridgehead atoms. The van der Waals surface area contributed by atoms with Crippen LogP contribution in [0.15, 0.2) is 16.6 Å². The summed E-state index contributed by atoms with van der Waals surface area (Å²) in [7, 11) is 0. The van der Waals surface area contributed by atoms with E-state index in [9.17, 15) is 9.59 Å². The summed E-state index contributed by atoms with van der Waals surface area (Å²) in [5.74, 6) is -0.0903. The fourth-order valence-electron chi connectivity index (χ4n) is 0.965. The van der Waals surface area contributed by atoms with Gasteiger partial charge in [-0.3, -0.25) is 9.59 Å². The van der Waals surface area contributed by atoms with Crippen LogP contribution in [-0.4, -0.2) is 12.1 Å². The molecule has 1 aromatic rings. The summed E-state index contributed by atoms with van der Waals surface area (Å²) in [4.78, 5) is 21.7. The first kappa shape index (κ1) is 10.8. The Bertz CT molecular complexity index is 374.